The summed E-state index contributed by atoms with van der Waals surface area (Å²) in [6, 6.07) is 12.0. The van der Waals surface area contributed by atoms with Crippen molar-refractivity contribution in [3.05, 3.63) is 77.0 Å². The van der Waals surface area contributed by atoms with Crippen LogP contribution in [0.1, 0.15) is 51.5 Å². The van der Waals surface area contributed by atoms with Gasteiger partial charge in [0.25, 0.3) is 5.91 Å². The van der Waals surface area contributed by atoms with Crippen molar-refractivity contribution >= 4 is 17.7 Å². The standard InChI is InChI=1S/C22H21N5OS/c1-29-22-19(11-23)18(10-20(26-22)17-5-6-17)21(28)25-12-15-3-2-4-16(9-15)13-27-8-7-24-14-27/h2-4,7-10,14,17H,5-6,12-13H2,1H3,(H,25,28). The van der Waals surface area contributed by atoms with Crippen LogP contribution >= 0.6 is 11.8 Å². The van der Waals surface area contributed by atoms with Gasteiger partial charge in [-0.05, 0) is 36.3 Å². The summed E-state index contributed by atoms with van der Waals surface area (Å²) in [5, 5.41) is 13.2. The van der Waals surface area contributed by atoms with Crippen LogP contribution in [0.5, 0.6) is 0 Å². The number of rotatable bonds is 7. The predicted molar refractivity (Wildman–Crippen MR) is 112 cm³/mol. The summed E-state index contributed by atoms with van der Waals surface area (Å²) in [5.74, 6) is 0.182. The van der Waals surface area contributed by atoms with Gasteiger partial charge in [0.15, 0.2) is 0 Å². The zero-order chi connectivity index (χ0) is 20.2. The lowest BCUT2D eigenvalue weighted by Gasteiger charge is -2.12. The molecule has 2 heterocycles. The number of nitrogens with zero attached hydrogens (tertiary/aromatic N) is 4. The van der Waals surface area contributed by atoms with E-state index >= 15 is 0 Å². The first-order valence-electron chi connectivity index (χ1n) is 9.48. The molecule has 6 nitrogen and oxygen atoms in total. The van der Waals surface area contributed by atoms with E-state index in [1.807, 2.05) is 29.2 Å². The maximum Gasteiger partial charge on any atom is 0.253 e. The molecule has 4 rings (SSSR count). The normalized spacial score (nSPS) is 13.1. The second kappa shape index (κ2) is 8.50. The predicted octanol–water partition coefficient (Wildman–Crippen LogP) is 3.73. The van der Waals surface area contributed by atoms with Crippen LogP contribution in [0.25, 0.3) is 0 Å². The summed E-state index contributed by atoms with van der Waals surface area (Å²) >= 11 is 1.41. The highest BCUT2D eigenvalue weighted by atomic mass is 32.2. The third kappa shape index (κ3) is 4.49. The molecule has 1 N–H and O–H groups in total. The molecule has 1 saturated carbocycles. The molecule has 0 aliphatic heterocycles. The fourth-order valence-corrected chi connectivity index (χ4v) is 3.83. The Morgan fingerprint density at radius 3 is 2.86 bits per heavy atom. The van der Waals surface area contributed by atoms with Crippen LogP contribution < -0.4 is 5.32 Å². The lowest BCUT2D eigenvalue weighted by atomic mass is 10.1. The fourth-order valence-electron chi connectivity index (χ4n) is 3.27. The summed E-state index contributed by atoms with van der Waals surface area (Å²) in [7, 11) is 0. The molecule has 0 radical (unpaired) electrons. The van der Waals surface area contributed by atoms with Crippen molar-refractivity contribution in [2.45, 2.75) is 36.9 Å². The quantitative estimate of drug-likeness (QED) is 0.608. The number of nitriles is 1. The average Bonchev–Trinajstić information content (AvgIpc) is 3.48. The molecule has 146 valence electrons. The molecule has 0 spiro atoms. The van der Waals surface area contributed by atoms with Gasteiger partial charge in [-0.25, -0.2) is 9.97 Å². The maximum absolute atomic E-state index is 12.9. The van der Waals surface area contributed by atoms with E-state index in [0.29, 0.717) is 28.6 Å². The molecule has 1 aromatic carbocycles. The number of nitrogens with one attached hydrogen (secondary N) is 1. The molecule has 0 atom stereocenters. The Bertz CT molecular complexity index is 1070. The molecule has 1 aliphatic rings. The molecule has 7 heteroatoms. The Morgan fingerprint density at radius 1 is 1.34 bits per heavy atom. The first kappa shape index (κ1) is 19.2. The first-order valence-corrected chi connectivity index (χ1v) is 10.7. The van der Waals surface area contributed by atoms with E-state index in [2.05, 4.69) is 33.5 Å². The van der Waals surface area contributed by atoms with Crippen LogP contribution in [-0.2, 0) is 13.1 Å². The lowest BCUT2D eigenvalue weighted by molar-refractivity contribution is 0.0950. The van der Waals surface area contributed by atoms with Gasteiger partial charge >= 0.3 is 0 Å². The number of pyridine rings is 1. The van der Waals surface area contributed by atoms with Crippen molar-refractivity contribution < 1.29 is 4.79 Å². The highest BCUT2D eigenvalue weighted by molar-refractivity contribution is 7.98. The van der Waals surface area contributed by atoms with E-state index in [-0.39, 0.29) is 5.91 Å². The molecule has 29 heavy (non-hydrogen) atoms. The first-order chi connectivity index (χ1) is 14.2. The Balaban J connectivity index is 1.50. The van der Waals surface area contributed by atoms with Gasteiger partial charge in [-0.1, -0.05) is 24.3 Å². The van der Waals surface area contributed by atoms with Crippen LogP contribution in [0.3, 0.4) is 0 Å². The Hall–Kier alpha value is -3.11. The number of aromatic nitrogens is 3. The number of hydrogen-bond acceptors (Lipinski definition) is 5. The molecular weight excluding hydrogens is 382 g/mol. The van der Waals surface area contributed by atoms with Gasteiger partial charge in [0.2, 0.25) is 0 Å². The van der Waals surface area contributed by atoms with Gasteiger partial charge in [-0.2, -0.15) is 5.26 Å². The molecule has 3 aromatic rings. The highest BCUT2D eigenvalue weighted by Gasteiger charge is 2.28. The van der Waals surface area contributed by atoms with E-state index in [1.54, 1.807) is 18.6 Å². The van der Waals surface area contributed by atoms with Crippen LogP contribution in [0.4, 0.5) is 0 Å². The highest BCUT2D eigenvalue weighted by Crippen LogP contribution is 2.40. The number of carbonyl (C=O) groups is 1. The van der Waals surface area contributed by atoms with E-state index in [9.17, 15) is 10.1 Å². The largest absolute Gasteiger partial charge is 0.348 e. The molecular formula is C22H21N5OS. The summed E-state index contributed by atoms with van der Waals surface area (Å²) in [5.41, 5.74) is 3.84. The number of benzene rings is 1. The number of carbonyl (C=O) groups excluding carboxylic acids is 1. The summed E-state index contributed by atoms with van der Waals surface area (Å²) in [4.78, 5) is 21.5. The van der Waals surface area contributed by atoms with Crippen molar-refractivity contribution in [2.75, 3.05) is 6.26 Å². The number of thioether (sulfide) groups is 1. The minimum absolute atomic E-state index is 0.235. The fraction of sp³-hybridized carbons (Fsp3) is 0.273. The van der Waals surface area contributed by atoms with Crippen LogP contribution in [0, 0.1) is 11.3 Å². The minimum atomic E-state index is -0.235. The molecule has 0 saturated heterocycles. The van der Waals surface area contributed by atoms with Gasteiger partial charge in [0, 0.05) is 37.1 Å². The van der Waals surface area contributed by atoms with E-state index in [4.69, 9.17) is 0 Å². The van der Waals surface area contributed by atoms with Crippen LogP contribution in [0.2, 0.25) is 0 Å². The van der Waals surface area contributed by atoms with Gasteiger partial charge in [-0.3, -0.25) is 4.79 Å². The monoisotopic (exact) mass is 403 g/mol. The number of imidazole rings is 1. The SMILES string of the molecule is CSc1nc(C2CC2)cc(C(=O)NCc2cccc(Cn3ccnc3)c2)c1C#N. The molecule has 0 unspecified atom stereocenters. The third-order valence-corrected chi connectivity index (χ3v) is 5.60. The second-order valence-corrected chi connectivity index (χ2v) is 7.90. The zero-order valence-electron chi connectivity index (χ0n) is 16.1. The molecule has 0 bridgehead atoms. The van der Waals surface area contributed by atoms with Crippen molar-refractivity contribution in [3.63, 3.8) is 0 Å². The maximum atomic E-state index is 12.9. The van der Waals surface area contributed by atoms with Crippen molar-refractivity contribution in [2.24, 2.45) is 0 Å². The van der Waals surface area contributed by atoms with E-state index < -0.39 is 0 Å². The van der Waals surface area contributed by atoms with Crippen LogP contribution in [0.15, 0.2) is 54.1 Å². The zero-order valence-corrected chi connectivity index (χ0v) is 16.9. The second-order valence-electron chi connectivity index (χ2n) is 7.10. The number of hydrogen-bond donors (Lipinski definition) is 1. The Kier molecular flexibility index (Phi) is 5.63. The van der Waals surface area contributed by atoms with E-state index in [1.165, 1.54) is 11.8 Å². The Morgan fingerprint density at radius 2 is 2.17 bits per heavy atom. The molecule has 2 aromatic heterocycles. The summed E-state index contributed by atoms with van der Waals surface area (Å²) in [6.07, 6.45) is 9.52. The van der Waals surface area contributed by atoms with Crippen molar-refractivity contribution in [1.29, 1.82) is 5.26 Å². The van der Waals surface area contributed by atoms with Crippen LogP contribution in [-0.4, -0.2) is 26.7 Å². The van der Waals surface area contributed by atoms with Gasteiger partial charge in [-0.15, -0.1) is 11.8 Å². The van der Waals surface area contributed by atoms with Gasteiger partial charge in [0.05, 0.1) is 17.5 Å². The van der Waals surface area contributed by atoms with Gasteiger partial charge < -0.3 is 9.88 Å². The Labute approximate surface area is 174 Å². The third-order valence-electron chi connectivity index (χ3n) is 4.92. The smallest absolute Gasteiger partial charge is 0.253 e. The molecule has 1 aliphatic carbocycles. The topological polar surface area (TPSA) is 83.6 Å². The van der Waals surface area contributed by atoms with Crippen molar-refractivity contribution in [3.8, 4) is 6.07 Å². The van der Waals surface area contributed by atoms with Gasteiger partial charge in [0.1, 0.15) is 11.1 Å². The summed E-state index contributed by atoms with van der Waals surface area (Å²) in [6.45, 7) is 1.13. The molecule has 1 amide bonds. The minimum Gasteiger partial charge on any atom is -0.348 e. The van der Waals surface area contributed by atoms with Crippen molar-refractivity contribution in [1.82, 2.24) is 19.9 Å². The van der Waals surface area contributed by atoms with E-state index in [0.717, 1.165) is 36.2 Å². The average molecular weight is 404 g/mol. The summed E-state index contributed by atoms with van der Waals surface area (Å²) < 4.78 is 2.00. The number of amides is 1. The lowest BCUT2D eigenvalue weighted by Crippen LogP contribution is -2.24. The molecule has 1 fully saturated rings.